The van der Waals surface area contributed by atoms with Crippen LogP contribution in [0.15, 0.2) is 23.2 Å². The van der Waals surface area contributed by atoms with Gasteiger partial charge in [-0.2, -0.15) is 0 Å². The highest BCUT2D eigenvalue weighted by atomic mass is 127. The van der Waals surface area contributed by atoms with Gasteiger partial charge >= 0.3 is 0 Å². The van der Waals surface area contributed by atoms with E-state index >= 15 is 0 Å². The van der Waals surface area contributed by atoms with Crippen LogP contribution in [0, 0.1) is 0 Å². The van der Waals surface area contributed by atoms with Gasteiger partial charge < -0.3 is 25.0 Å². The van der Waals surface area contributed by atoms with Crippen LogP contribution < -0.4 is 25.0 Å². The van der Waals surface area contributed by atoms with E-state index < -0.39 is 0 Å². The Bertz CT molecular complexity index is 619. The molecule has 1 fully saturated rings. The summed E-state index contributed by atoms with van der Waals surface area (Å²) in [6.45, 7) is 11.5. The van der Waals surface area contributed by atoms with Gasteiger partial charge in [0.15, 0.2) is 5.96 Å². The number of nitrogens with one attached hydrogen (secondary N) is 2. The van der Waals surface area contributed by atoms with E-state index in [2.05, 4.69) is 58.3 Å². The SMILES string of the molecule is CCN(CCNC(=NC)NC1CCN(c2cc(OC)cc(OC)c2)C1)C(C)C.I. The van der Waals surface area contributed by atoms with Crippen LogP contribution in [0.4, 0.5) is 5.69 Å². The van der Waals surface area contributed by atoms with Gasteiger partial charge in [0.05, 0.1) is 14.2 Å². The van der Waals surface area contributed by atoms with E-state index in [0.717, 1.165) is 62.3 Å². The number of benzene rings is 1. The highest BCUT2D eigenvalue weighted by Crippen LogP contribution is 2.30. The predicted octanol–water partition coefficient (Wildman–Crippen LogP) is 2.80. The van der Waals surface area contributed by atoms with Crippen LogP contribution in [-0.2, 0) is 0 Å². The van der Waals surface area contributed by atoms with E-state index in [1.807, 2.05) is 13.1 Å². The summed E-state index contributed by atoms with van der Waals surface area (Å²) in [5.74, 6) is 2.50. The Morgan fingerprint density at radius 3 is 2.41 bits per heavy atom. The summed E-state index contributed by atoms with van der Waals surface area (Å²) < 4.78 is 10.8. The van der Waals surface area contributed by atoms with Gasteiger partial charge in [-0.3, -0.25) is 9.89 Å². The minimum Gasteiger partial charge on any atom is -0.497 e. The predicted molar refractivity (Wildman–Crippen MR) is 132 cm³/mol. The lowest BCUT2D eigenvalue weighted by molar-refractivity contribution is 0.237. The van der Waals surface area contributed by atoms with E-state index in [0.29, 0.717) is 12.1 Å². The van der Waals surface area contributed by atoms with Crippen LogP contribution >= 0.6 is 24.0 Å². The van der Waals surface area contributed by atoms with Crippen molar-refractivity contribution in [3.63, 3.8) is 0 Å². The van der Waals surface area contributed by atoms with Gasteiger partial charge in [0.1, 0.15) is 11.5 Å². The molecule has 0 amide bonds. The average Bonchev–Trinajstić information content (AvgIpc) is 3.18. The molecule has 1 heterocycles. The fraction of sp³-hybridized carbons (Fsp3) is 0.667. The maximum Gasteiger partial charge on any atom is 0.191 e. The van der Waals surface area contributed by atoms with Crippen molar-refractivity contribution in [3.8, 4) is 11.5 Å². The molecule has 29 heavy (non-hydrogen) atoms. The van der Waals surface area contributed by atoms with Gasteiger partial charge in [-0.25, -0.2) is 0 Å². The Hall–Kier alpha value is -1.42. The van der Waals surface area contributed by atoms with Gasteiger partial charge in [0.25, 0.3) is 0 Å². The molecule has 1 aromatic rings. The van der Waals surface area contributed by atoms with Gasteiger partial charge in [-0.15, -0.1) is 24.0 Å². The number of likely N-dealkylation sites (N-methyl/N-ethyl adjacent to an activating group) is 1. The Morgan fingerprint density at radius 1 is 1.24 bits per heavy atom. The highest BCUT2D eigenvalue weighted by Gasteiger charge is 2.24. The second kappa shape index (κ2) is 13.0. The minimum absolute atomic E-state index is 0. The van der Waals surface area contributed by atoms with E-state index in [1.165, 1.54) is 0 Å². The first-order valence-electron chi connectivity index (χ1n) is 10.2. The summed E-state index contributed by atoms with van der Waals surface area (Å²) in [5.41, 5.74) is 1.12. The molecule has 0 bridgehead atoms. The summed E-state index contributed by atoms with van der Waals surface area (Å²) in [7, 11) is 5.19. The molecule has 1 saturated heterocycles. The molecule has 1 aliphatic heterocycles. The number of guanidine groups is 1. The number of aliphatic imine (C=N–C) groups is 1. The monoisotopic (exact) mass is 519 g/mol. The Kier molecular flexibility index (Phi) is 11.5. The van der Waals surface area contributed by atoms with Crippen molar-refractivity contribution in [1.29, 1.82) is 0 Å². The molecule has 0 radical (unpaired) electrons. The van der Waals surface area contributed by atoms with Gasteiger partial charge in [0.2, 0.25) is 0 Å². The van der Waals surface area contributed by atoms with Crippen LogP contribution in [0.25, 0.3) is 0 Å². The van der Waals surface area contributed by atoms with E-state index in [4.69, 9.17) is 9.47 Å². The van der Waals surface area contributed by atoms with Gasteiger partial charge in [-0.1, -0.05) is 6.92 Å². The van der Waals surface area contributed by atoms with Crippen LogP contribution in [0.3, 0.4) is 0 Å². The third kappa shape index (κ3) is 7.73. The molecule has 1 atom stereocenters. The van der Waals surface area contributed by atoms with Crippen molar-refractivity contribution in [2.24, 2.45) is 4.99 Å². The zero-order chi connectivity index (χ0) is 20.5. The Morgan fingerprint density at radius 2 is 1.90 bits per heavy atom. The highest BCUT2D eigenvalue weighted by molar-refractivity contribution is 14.0. The quantitative estimate of drug-likeness (QED) is 0.297. The second-order valence-corrected chi connectivity index (χ2v) is 7.37. The molecule has 2 rings (SSSR count). The molecule has 8 heteroatoms. The molecule has 0 spiro atoms. The summed E-state index contributed by atoms with van der Waals surface area (Å²) in [6, 6.07) is 6.94. The van der Waals surface area contributed by atoms with Crippen LogP contribution in [0.1, 0.15) is 27.2 Å². The summed E-state index contributed by atoms with van der Waals surface area (Å²) in [5, 5.41) is 7.01. The molecule has 1 aliphatic rings. The first-order valence-corrected chi connectivity index (χ1v) is 10.2. The minimum atomic E-state index is 0. The molecular formula is C21H38IN5O2. The number of methoxy groups -OCH3 is 2. The van der Waals surface area contributed by atoms with E-state index in [1.54, 1.807) is 14.2 Å². The Balaban J connectivity index is 0.00000420. The lowest BCUT2D eigenvalue weighted by Gasteiger charge is -2.25. The normalized spacial score (nSPS) is 16.8. The maximum absolute atomic E-state index is 5.40. The second-order valence-electron chi connectivity index (χ2n) is 7.37. The zero-order valence-corrected chi connectivity index (χ0v) is 21.0. The largest absolute Gasteiger partial charge is 0.497 e. The van der Waals surface area contributed by atoms with Crippen molar-refractivity contribution in [1.82, 2.24) is 15.5 Å². The molecule has 0 aliphatic carbocycles. The van der Waals surface area contributed by atoms with Crippen molar-refractivity contribution in [2.45, 2.75) is 39.3 Å². The molecule has 1 aromatic carbocycles. The van der Waals surface area contributed by atoms with E-state index in [-0.39, 0.29) is 24.0 Å². The fourth-order valence-electron chi connectivity index (χ4n) is 3.57. The first kappa shape index (κ1) is 25.6. The zero-order valence-electron chi connectivity index (χ0n) is 18.7. The molecule has 0 saturated carbocycles. The lowest BCUT2D eigenvalue weighted by Crippen LogP contribution is -2.47. The number of nitrogens with zero attached hydrogens (tertiary/aromatic N) is 3. The third-order valence-electron chi connectivity index (χ3n) is 5.28. The van der Waals surface area contributed by atoms with Gasteiger partial charge in [-0.05, 0) is 26.8 Å². The average molecular weight is 519 g/mol. The molecular weight excluding hydrogens is 481 g/mol. The number of ether oxygens (including phenoxy) is 2. The van der Waals surface area contributed by atoms with Crippen LogP contribution in [0.5, 0.6) is 11.5 Å². The number of rotatable bonds is 9. The van der Waals surface area contributed by atoms with Crippen LogP contribution in [-0.4, -0.2) is 76.9 Å². The number of halogens is 1. The maximum atomic E-state index is 5.40. The molecule has 2 N–H and O–H groups in total. The smallest absolute Gasteiger partial charge is 0.191 e. The van der Waals surface area contributed by atoms with Crippen molar-refractivity contribution in [2.75, 3.05) is 58.9 Å². The van der Waals surface area contributed by atoms with Crippen molar-refractivity contribution in [3.05, 3.63) is 18.2 Å². The summed E-state index contributed by atoms with van der Waals surface area (Å²) in [4.78, 5) is 9.18. The fourth-order valence-corrected chi connectivity index (χ4v) is 3.57. The summed E-state index contributed by atoms with van der Waals surface area (Å²) >= 11 is 0. The molecule has 1 unspecified atom stereocenters. The lowest BCUT2D eigenvalue weighted by atomic mass is 10.2. The molecule has 7 nitrogen and oxygen atoms in total. The van der Waals surface area contributed by atoms with Crippen LogP contribution in [0.2, 0.25) is 0 Å². The summed E-state index contributed by atoms with van der Waals surface area (Å²) in [6.07, 6.45) is 1.06. The van der Waals surface area contributed by atoms with Crippen molar-refractivity contribution >= 4 is 35.6 Å². The number of anilines is 1. The van der Waals surface area contributed by atoms with Crippen molar-refractivity contribution < 1.29 is 9.47 Å². The standard InChI is InChI=1S/C21H37N5O2.HI/c1-7-25(16(2)3)11-9-23-21(22-4)24-17-8-10-26(15-17)18-12-19(27-5)14-20(13-18)28-6;/h12-14,16-17H,7-11,15H2,1-6H3,(H2,22,23,24);1H. The van der Waals surface area contributed by atoms with Gasteiger partial charge in [0, 0.05) is 69.2 Å². The number of hydrogen-bond donors (Lipinski definition) is 2. The third-order valence-corrected chi connectivity index (χ3v) is 5.28. The molecule has 166 valence electrons. The topological polar surface area (TPSA) is 61.4 Å². The first-order chi connectivity index (χ1) is 13.5. The number of hydrogen-bond acceptors (Lipinski definition) is 5. The molecule has 0 aromatic heterocycles. The van der Waals surface area contributed by atoms with E-state index in [9.17, 15) is 0 Å². The Labute approximate surface area is 193 Å².